The summed E-state index contributed by atoms with van der Waals surface area (Å²) in [5.41, 5.74) is 1.96. The molecule has 0 bridgehead atoms. The lowest BCUT2D eigenvalue weighted by Crippen LogP contribution is -2.73. The van der Waals surface area contributed by atoms with Crippen molar-refractivity contribution in [3.05, 3.63) is 22.1 Å². The van der Waals surface area contributed by atoms with E-state index in [1.165, 1.54) is 0 Å². The summed E-state index contributed by atoms with van der Waals surface area (Å²) in [7, 11) is -12.0. The molecule has 12 radical (unpaired) electrons. The number of benzene rings is 1. The van der Waals surface area contributed by atoms with Crippen LogP contribution in [0.3, 0.4) is 0 Å². The smallest absolute Gasteiger partial charge is 0.538 e. The molecule has 0 aliphatic heterocycles. The van der Waals surface area contributed by atoms with E-state index in [9.17, 15) is 0 Å². The molecule has 0 fully saturated rings. The summed E-state index contributed by atoms with van der Waals surface area (Å²) in [4.78, 5) is 0. The van der Waals surface area contributed by atoms with Crippen LogP contribution in [0.1, 0.15) is 30.5 Å². The van der Waals surface area contributed by atoms with E-state index < -0.39 is 86.7 Å². The van der Waals surface area contributed by atoms with Crippen LogP contribution < -0.4 is 13.3 Å². The van der Waals surface area contributed by atoms with Crippen LogP contribution >= 0.6 is 0 Å². The van der Waals surface area contributed by atoms with Crippen LogP contribution in [0.25, 0.3) is 5.76 Å². The Bertz CT molecular complexity index is 1580. The van der Waals surface area contributed by atoms with Crippen molar-refractivity contribution >= 4 is 123 Å². The van der Waals surface area contributed by atoms with Crippen LogP contribution in [-0.2, 0) is 38.6 Å². The highest BCUT2D eigenvalue weighted by Gasteiger charge is 2.63. The molecule has 0 aliphatic carbocycles. The molecule has 12 nitrogen and oxygen atoms in total. The fraction of sp³-hybridized carbons (Fsp3) is 0.771. The van der Waals surface area contributed by atoms with Crippen LogP contribution in [0.5, 0.6) is 17.2 Å². The molecule has 25 heteroatoms. The fourth-order valence-electron chi connectivity index (χ4n) is 6.32. The van der Waals surface area contributed by atoms with Crippen molar-refractivity contribution < 1.29 is 51.9 Å². The van der Waals surface area contributed by atoms with E-state index in [-0.39, 0.29) is 17.3 Å². The van der Waals surface area contributed by atoms with Gasteiger partial charge in [-0.2, -0.15) is 0 Å². The van der Waals surface area contributed by atoms with Gasteiger partial charge in [0.25, 0.3) is 8.32 Å². The normalized spacial score (nSPS) is 15.8. The summed E-state index contributed by atoms with van der Waals surface area (Å²) in [6, 6.07) is 0. The van der Waals surface area contributed by atoms with Crippen molar-refractivity contribution in [1.29, 1.82) is 0 Å². The van der Waals surface area contributed by atoms with Crippen molar-refractivity contribution in [2.75, 3.05) is 0 Å². The van der Waals surface area contributed by atoms with Crippen LogP contribution in [0.2, 0.25) is 137 Å². The molecule has 1 aromatic carbocycles. The lowest BCUT2D eigenvalue weighted by molar-refractivity contribution is 0.0204. The lowest BCUT2D eigenvalue weighted by Gasteiger charge is -2.53. The van der Waals surface area contributed by atoms with E-state index in [4.69, 9.17) is 51.9 Å². The van der Waals surface area contributed by atoms with E-state index >= 15 is 0 Å². The van der Waals surface area contributed by atoms with E-state index in [0.29, 0.717) is 16.7 Å². The first kappa shape index (κ1) is 58.5. The molecule has 1 unspecified atom stereocenters. The minimum atomic E-state index is -4.15. The number of hydrogen-bond donors (Lipinski definition) is 0. The van der Waals surface area contributed by atoms with E-state index in [1.807, 2.05) is 13.8 Å². The van der Waals surface area contributed by atoms with Gasteiger partial charge < -0.3 is 51.9 Å². The molecule has 1 atom stereocenters. The summed E-state index contributed by atoms with van der Waals surface area (Å²) in [5, 5.41) is -0.457. The molecular weight excluding hydrogens is 977 g/mol. The third kappa shape index (κ3) is 17.1. The van der Waals surface area contributed by atoms with Gasteiger partial charge in [-0.05, 0) is 176 Å². The van der Waals surface area contributed by atoms with Gasteiger partial charge in [-0.25, -0.2) is 0 Å². The Kier molecular flexibility index (Phi) is 20.1. The average Bonchev–Trinajstić information content (AvgIpc) is 2.96. The zero-order chi connectivity index (χ0) is 47.7. The van der Waals surface area contributed by atoms with Crippen molar-refractivity contribution in [2.45, 2.75) is 176 Å². The third-order valence-corrected chi connectivity index (χ3v) is 32.7. The Balaban J connectivity index is 4.96. The third-order valence-electron chi connectivity index (χ3n) is 8.42. The topological polar surface area (TPSA) is 111 Å². The summed E-state index contributed by atoms with van der Waals surface area (Å²) < 4.78 is 82.3. The molecule has 60 heavy (non-hydrogen) atoms. The predicted octanol–water partition coefficient (Wildman–Crippen LogP) is 9.54. The van der Waals surface area contributed by atoms with Gasteiger partial charge >= 0.3 is 51.0 Å². The molecule has 0 aliphatic rings. The van der Waals surface area contributed by atoms with E-state index in [2.05, 4.69) is 193 Å². The Hall–Kier alpha value is 0.499. The quantitative estimate of drug-likeness (QED) is 0.0559. The maximum absolute atomic E-state index is 7.99. The molecule has 340 valence electrons. The molecule has 0 saturated carbocycles. The predicted molar refractivity (Wildman–Crippen MR) is 270 cm³/mol. The summed E-state index contributed by atoms with van der Waals surface area (Å²) in [6.45, 7) is 53.1. The molecule has 1 aromatic rings. The van der Waals surface area contributed by atoms with Gasteiger partial charge in [0.2, 0.25) is 8.32 Å². The van der Waals surface area contributed by atoms with Gasteiger partial charge in [-0.15, -0.1) is 0 Å². The summed E-state index contributed by atoms with van der Waals surface area (Å²) in [6.07, 6.45) is 0. The van der Waals surface area contributed by atoms with Crippen molar-refractivity contribution in [2.24, 2.45) is 0 Å². The van der Waals surface area contributed by atoms with Crippen molar-refractivity contribution in [3.8, 4) is 17.2 Å². The maximum atomic E-state index is 7.99. The standard InChI is InChI=1S/C35H76O12Si13/c1-26-27(2)29(36-48)32(39-51)30(37-49)28(26)31(38-50)33(40-60(44-55(14,15)16,45-56(17,18)19)46-57(20,21)22)58(23,24)47-59(25,35(3,4)43-54(11,12)13)34(41-52(5,6)7)42-53(8,9)10/h34H,1-25H3. The Labute approximate surface area is 388 Å². The van der Waals surface area contributed by atoms with Crippen LogP contribution in [-0.4, -0.2) is 129 Å². The van der Waals surface area contributed by atoms with Crippen LogP contribution in [0, 0.1) is 13.8 Å². The van der Waals surface area contributed by atoms with Crippen molar-refractivity contribution in [3.63, 3.8) is 0 Å². The maximum Gasteiger partial charge on any atom is 0.717 e. The molecular formula is C35H76O12Si13. The number of rotatable bonds is 24. The lowest BCUT2D eigenvalue weighted by atomic mass is 9.99. The highest BCUT2D eigenvalue weighted by atomic mass is 28.5. The average molecular weight is 1050 g/mol. The van der Waals surface area contributed by atoms with E-state index in [1.54, 1.807) is 0 Å². The van der Waals surface area contributed by atoms with Gasteiger partial charge in [-0.1, -0.05) is 0 Å². The van der Waals surface area contributed by atoms with Gasteiger partial charge in [0.15, 0.2) is 73.1 Å². The first-order chi connectivity index (χ1) is 26.4. The van der Waals surface area contributed by atoms with E-state index in [0.717, 1.165) is 11.1 Å². The van der Waals surface area contributed by atoms with Gasteiger partial charge in [-0.3, -0.25) is 0 Å². The summed E-state index contributed by atoms with van der Waals surface area (Å²) in [5.74, 6) is 0.413. The van der Waals surface area contributed by atoms with Gasteiger partial charge in [0.05, 0.1) is 10.8 Å². The Morgan fingerprint density at radius 1 is 0.483 bits per heavy atom. The monoisotopic (exact) mass is 1050 g/mol. The van der Waals surface area contributed by atoms with Crippen molar-refractivity contribution in [1.82, 2.24) is 0 Å². The second-order valence-corrected chi connectivity index (χ2v) is 60.8. The minimum Gasteiger partial charge on any atom is -0.538 e. The van der Waals surface area contributed by atoms with Gasteiger partial charge in [0.1, 0.15) is 11.1 Å². The molecule has 0 N–H and O–H groups in total. The molecule has 0 amide bonds. The second kappa shape index (κ2) is 20.6. The SMILES string of the molecule is Cc1c(C)c(C(O[Si])=C(O[Si](O[Si](C)(C)C)(O[Si](C)(C)C)O[Si](C)(C)C)[Si](C)(C)O[Si](C)(C(O[Si](C)(C)C)O[Si](C)(C)C)C(C)(C)O[Si](C)(C)C)c(O[Si])c(O[Si])c1O[Si]. The largest absolute Gasteiger partial charge is 0.717 e. The molecule has 0 heterocycles. The summed E-state index contributed by atoms with van der Waals surface area (Å²) >= 11 is 0. The second-order valence-electron chi connectivity index (χ2n) is 22.2. The molecule has 0 saturated heterocycles. The highest BCUT2D eigenvalue weighted by Crippen LogP contribution is 2.50. The highest BCUT2D eigenvalue weighted by molar-refractivity contribution is 6.93. The minimum absolute atomic E-state index is 0.227. The fourth-order valence-corrected chi connectivity index (χ4v) is 36.0. The number of hydrogen-bond acceptors (Lipinski definition) is 12. The van der Waals surface area contributed by atoms with Crippen LogP contribution in [0.15, 0.2) is 5.38 Å². The van der Waals surface area contributed by atoms with Crippen LogP contribution in [0.4, 0.5) is 0 Å². The van der Waals surface area contributed by atoms with Gasteiger partial charge in [0, 0.05) is 0 Å². The Morgan fingerprint density at radius 2 is 0.867 bits per heavy atom. The molecule has 1 rings (SSSR count). The first-order valence-electron chi connectivity index (χ1n) is 20.3. The zero-order valence-corrected chi connectivity index (χ0v) is 54.5. The molecule has 0 spiro atoms. The Morgan fingerprint density at radius 3 is 1.17 bits per heavy atom. The molecule has 0 aromatic heterocycles. The first-order valence-corrected chi connectivity index (χ1v) is 49.4. The zero-order valence-electron chi connectivity index (χ0n) is 41.5.